The Bertz CT molecular complexity index is 725. The summed E-state index contributed by atoms with van der Waals surface area (Å²) in [7, 11) is -2.55. The molecule has 0 atom stereocenters. The number of anilines is 1. The fraction of sp³-hybridized carbons (Fsp3) is 0.0909. The van der Waals surface area contributed by atoms with Gasteiger partial charge in [-0.15, -0.1) is 0 Å². The normalized spacial score (nSPS) is 11.1. The second-order valence-electron chi connectivity index (χ2n) is 3.74. The molecule has 0 saturated carbocycles. The summed E-state index contributed by atoms with van der Waals surface area (Å²) in [6, 6.07) is 5.23. The van der Waals surface area contributed by atoms with E-state index >= 15 is 0 Å². The Morgan fingerprint density at radius 3 is 2.70 bits per heavy atom. The third-order valence-electron chi connectivity index (χ3n) is 2.47. The molecule has 0 amide bonds. The number of benzene rings is 1. The van der Waals surface area contributed by atoms with Crippen molar-refractivity contribution in [2.45, 2.75) is 5.03 Å². The van der Waals surface area contributed by atoms with Gasteiger partial charge in [0.2, 0.25) is 0 Å². The Hall–Kier alpha value is -2.55. The van der Waals surface area contributed by atoms with Crippen molar-refractivity contribution >= 4 is 21.7 Å². The van der Waals surface area contributed by atoms with Crippen LogP contribution in [0.1, 0.15) is 10.4 Å². The topological polar surface area (TPSA) is 121 Å². The highest BCUT2D eigenvalue weighted by molar-refractivity contribution is 7.92. The van der Waals surface area contributed by atoms with Gasteiger partial charge < -0.3 is 9.84 Å². The lowest BCUT2D eigenvalue weighted by Gasteiger charge is -2.10. The predicted octanol–water partition coefficient (Wildman–Crippen LogP) is 0.917. The second kappa shape index (κ2) is 5.21. The zero-order chi connectivity index (χ0) is 14.8. The van der Waals surface area contributed by atoms with Crippen molar-refractivity contribution in [1.29, 1.82) is 0 Å². The fourth-order valence-electron chi connectivity index (χ4n) is 1.51. The Kier molecular flexibility index (Phi) is 3.61. The van der Waals surface area contributed by atoms with Crippen LogP contribution in [-0.4, -0.2) is 36.8 Å². The minimum Gasteiger partial charge on any atom is -0.497 e. The number of hydrogen-bond acceptors (Lipinski definition) is 5. The summed E-state index contributed by atoms with van der Waals surface area (Å²) in [5, 5.41) is 14.7. The number of carbonyl (C=O) groups is 1. The molecule has 9 heteroatoms. The van der Waals surface area contributed by atoms with Gasteiger partial charge in [0.15, 0.2) is 5.03 Å². The van der Waals surface area contributed by atoms with Crippen LogP contribution in [0.3, 0.4) is 0 Å². The van der Waals surface area contributed by atoms with Gasteiger partial charge in [-0.3, -0.25) is 9.82 Å². The van der Waals surface area contributed by atoms with Crippen LogP contribution in [0.15, 0.2) is 35.5 Å². The average molecular weight is 297 g/mol. The van der Waals surface area contributed by atoms with E-state index in [2.05, 4.69) is 14.9 Å². The molecule has 2 aromatic rings. The lowest BCUT2D eigenvalue weighted by Crippen LogP contribution is -2.16. The van der Waals surface area contributed by atoms with E-state index in [1.165, 1.54) is 37.6 Å². The number of carboxylic acids is 1. The zero-order valence-electron chi connectivity index (χ0n) is 10.3. The van der Waals surface area contributed by atoms with Crippen LogP contribution in [0, 0.1) is 0 Å². The number of rotatable bonds is 5. The maximum Gasteiger partial charge on any atom is 0.337 e. The van der Waals surface area contributed by atoms with Gasteiger partial charge in [0.25, 0.3) is 10.0 Å². The summed E-state index contributed by atoms with van der Waals surface area (Å²) in [4.78, 5) is 11.1. The molecule has 0 aliphatic carbocycles. The van der Waals surface area contributed by atoms with Crippen molar-refractivity contribution in [2.24, 2.45) is 0 Å². The first kappa shape index (κ1) is 13.9. The number of aromatic nitrogens is 2. The lowest BCUT2D eigenvalue weighted by atomic mass is 10.2. The van der Waals surface area contributed by atoms with E-state index in [0.29, 0.717) is 5.75 Å². The molecule has 2 rings (SSSR count). The van der Waals surface area contributed by atoms with Gasteiger partial charge in [-0.05, 0) is 18.2 Å². The number of H-pyrrole nitrogens is 1. The van der Waals surface area contributed by atoms with Crippen molar-refractivity contribution in [3.05, 3.63) is 36.0 Å². The number of aromatic carboxylic acids is 1. The number of sulfonamides is 1. The maximum absolute atomic E-state index is 12.0. The lowest BCUT2D eigenvalue weighted by molar-refractivity contribution is 0.0698. The standard InChI is InChI=1S/C11H11N3O5S/c1-19-7-2-3-8(11(15)16)9(6-7)14-20(17,18)10-4-5-12-13-10/h2-6,14H,1H3,(H,12,13)(H,15,16). The Balaban J connectivity index is 2.44. The number of methoxy groups -OCH3 is 1. The van der Waals surface area contributed by atoms with E-state index in [9.17, 15) is 13.2 Å². The first-order chi connectivity index (χ1) is 9.44. The zero-order valence-corrected chi connectivity index (χ0v) is 11.1. The number of hydrogen-bond donors (Lipinski definition) is 3. The predicted molar refractivity (Wildman–Crippen MR) is 69.3 cm³/mol. The molecule has 0 bridgehead atoms. The summed E-state index contributed by atoms with van der Waals surface area (Å²) in [5.74, 6) is -0.924. The first-order valence-electron chi connectivity index (χ1n) is 5.37. The smallest absolute Gasteiger partial charge is 0.337 e. The monoisotopic (exact) mass is 297 g/mol. The van der Waals surface area contributed by atoms with Gasteiger partial charge in [-0.2, -0.15) is 13.5 Å². The molecule has 0 fully saturated rings. The minimum atomic E-state index is -3.94. The van der Waals surface area contributed by atoms with Gasteiger partial charge in [0.1, 0.15) is 5.75 Å². The van der Waals surface area contributed by atoms with Crippen molar-refractivity contribution in [2.75, 3.05) is 11.8 Å². The molecule has 1 aromatic heterocycles. The summed E-state index contributed by atoms with van der Waals surface area (Å²) in [6.45, 7) is 0. The van der Waals surface area contributed by atoms with Crippen molar-refractivity contribution in [3.8, 4) is 5.75 Å². The molecule has 20 heavy (non-hydrogen) atoms. The molecule has 8 nitrogen and oxygen atoms in total. The molecular weight excluding hydrogens is 286 g/mol. The number of aromatic amines is 1. The summed E-state index contributed by atoms with van der Waals surface area (Å²) in [6.07, 6.45) is 1.28. The van der Waals surface area contributed by atoms with E-state index in [1.54, 1.807) is 0 Å². The highest BCUT2D eigenvalue weighted by atomic mass is 32.2. The third kappa shape index (κ3) is 2.72. The molecule has 0 unspecified atom stereocenters. The van der Waals surface area contributed by atoms with E-state index in [4.69, 9.17) is 9.84 Å². The van der Waals surface area contributed by atoms with Crippen LogP contribution in [-0.2, 0) is 10.0 Å². The van der Waals surface area contributed by atoms with E-state index in [0.717, 1.165) is 0 Å². The molecule has 0 radical (unpaired) electrons. The number of ether oxygens (including phenoxy) is 1. The molecular formula is C11H11N3O5S. The van der Waals surface area contributed by atoms with E-state index in [-0.39, 0.29) is 16.3 Å². The summed E-state index contributed by atoms with van der Waals surface area (Å²) < 4.78 is 31.2. The van der Waals surface area contributed by atoms with Gasteiger partial charge >= 0.3 is 5.97 Å². The van der Waals surface area contributed by atoms with E-state index in [1.807, 2.05) is 0 Å². The van der Waals surface area contributed by atoms with Gasteiger partial charge in [-0.1, -0.05) is 0 Å². The van der Waals surface area contributed by atoms with Crippen LogP contribution < -0.4 is 9.46 Å². The van der Waals surface area contributed by atoms with Crippen LogP contribution in [0.2, 0.25) is 0 Å². The number of carboxylic acid groups (broad SMARTS) is 1. The fourth-order valence-corrected chi connectivity index (χ4v) is 2.50. The second-order valence-corrected chi connectivity index (χ2v) is 5.39. The molecule has 0 aliphatic heterocycles. The Morgan fingerprint density at radius 1 is 1.40 bits per heavy atom. The SMILES string of the molecule is COc1ccc(C(=O)O)c(NS(=O)(=O)c2ccn[nH]2)c1. The quantitative estimate of drug-likeness (QED) is 0.754. The highest BCUT2D eigenvalue weighted by Gasteiger charge is 2.20. The van der Waals surface area contributed by atoms with Gasteiger partial charge in [-0.25, -0.2) is 4.79 Å². The summed E-state index contributed by atoms with van der Waals surface area (Å²) >= 11 is 0. The third-order valence-corrected chi connectivity index (χ3v) is 3.76. The maximum atomic E-state index is 12.0. The molecule has 0 aliphatic rings. The molecule has 3 N–H and O–H groups in total. The molecule has 1 heterocycles. The average Bonchev–Trinajstić information content (AvgIpc) is 2.92. The van der Waals surface area contributed by atoms with Crippen molar-refractivity contribution < 1.29 is 23.1 Å². The Labute approximate surface area is 114 Å². The van der Waals surface area contributed by atoms with Crippen LogP contribution in [0.4, 0.5) is 5.69 Å². The Morgan fingerprint density at radius 2 is 2.15 bits per heavy atom. The first-order valence-corrected chi connectivity index (χ1v) is 6.86. The number of nitrogens with one attached hydrogen (secondary N) is 2. The van der Waals surface area contributed by atoms with Crippen LogP contribution in [0.25, 0.3) is 0 Å². The minimum absolute atomic E-state index is 0.0912. The largest absolute Gasteiger partial charge is 0.497 e. The molecule has 106 valence electrons. The molecule has 0 saturated heterocycles. The van der Waals surface area contributed by atoms with E-state index < -0.39 is 16.0 Å². The van der Waals surface area contributed by atoms with Gasteiger partial charge in [0, 0.05) is 6.07 Å². The van der Waals surface area contributed by atoms with Crippen LogP contribution in [0.5, 0.6) is 5.75 Å². The number of nitrogens with zero attached hydrogens (tertiary/aromatic N) is 1. The van der Waals surface area contributed by atoms with Crippen molar-refractivity contribution in [3.63, 3.8) is 0 Å². The van der Waals surface area contributed by atoms with Gasteiger partial charge in [0.05, 0.1) is 24.6 Å². The summed E-state index contributed by atoms with van der Waals surface area (Å²) in [5.41, 5.74) is -0.277. The highest BCUT2D eigenvalue weighted by Crippen LogP contribution is 2.24. The molecule has 1 aromatic carbocycles. The van der Waals surface area contributed by atoms with Crippen molar-refractivity contribution in [1.82, 2.24) is 10.2 Å². The van der Waals surface area contributed by atoms with Crippen LogP contribution >= 0.6 is 0 Å². The molecule has 0 spiro atoms.